The number of rotatable bonds is 5. The average molecular weight is 214 g/mol. The SMILES string of the molecule is CCOC(C)C(NN)c1ccc(C)s1. The van der Waals surface area contributed by atoms with Crippen molar-refractivity contribution >= 4 is 11.3 Å². The summed E-state index contributed by atoms with van der Waals surface area (Å²) in [6.45, 7) is 6.82. The monoisotopic (exact) mass is 214 g/mol. The summed E-state index contributed by atoms with van der Waals surface area (Å²) in [7, 11) is 0. The highest BCUT2D eigenvalue weighted by atomic mass is 32.1. The molecule has 14 heavy (non-hydrogen) atoms. The molecule has 80 valence electrons. The lowest BCUT2D eigenvalue weighted by Gasteiger charge is -2.21. The van der Waals surface area contributed by atoms with E-state index in [0.29, 0.717) is 6.61 Å². The van der Waals surface area contributed by atoms with Crippen molar-refractivity contribution in [1.82, 2.24) is 5.43 Å². The molecule has 1 heterocycles. The summed E-state index contributed by atoms with van der Waals surface area (Å²) in [5, 5.41) is 0. The fourth-order valence-electron chi connectivity index (χ4n) is 1.43. The standard InChI is InChI=1S/C10H18N2OS/c1-4-13-8(3)10(12-11)9-6-5-7(2)14-9/h5-6,8,10,12H,4,11H2,1-3H3. The summed E-state index contributed by atoms with van der Waals surface area (Å²) in [5.41, 5.74) is 2.80. The van der Waals surface area contributed by atoms with Crippen molar-refractivity contribution in [3.8, 4) is 0 Å². The molecule has 0 spiro atoms. The summed E-state index contributed by atoms with van der Waals surface area (Å²) >= 11 is 1.75. The molecule has 0 fully saturated rings. The van der Waals surface area contributed by atoms with Crippen molar-refractivity contribution < 1.29 is 4.74 Å². The minimum atomic E-state index is 0.0913. The predicted molar refractivity (Wildman–Crippen MR) is 60.2 cm³/mol. The van der Waals surface area contributed by atoms with Crippen LogP contribution in [-0.4, -0.2) is 12.7 Å². The zero-order valence-electron chi connectivity index (χ0n) is 8.91. The molecule has 0 radical (unpaired) electrons. The Morgan fingerprint density at radius 1 is 1.57 bits per heavy atom. The Morgan fingerprint density at radius 3 is 2.71 bits per heavy atom. The van der Waals surface area contributed by atoms with Gasteiger partial charge >= 0.3 is 0 Å². The summed E-state index contributed by atoms with van der Waals surface area (Å²) < 4.78 is 5.52. The van der Waals surface area contributed by atoms with E-state index in [1.165, 1.54) is 9.75 Å². The van der Waals surface area contributed by atoms with E-state index in [-0.39, 0.29) is 12.1 Å². The third-order valence-corrected chi connectivity index (χ3v) is 3.23. The number of ether oxygens (including phenoxy) is 1. The van der Waals surface area contributed by atoms with Crippen LogP contribution in [0.15, 0.2) is 12.1 Å². The average Bonchev–Trinajstić information content (AvgIpc) is 2.54. The Hall–Kier alpha value is -0.420. The van der Waals surface area contributed by atoms with Gasteiger partial charge in [0.2, 0.25) is 0 Å². The first-order chi connectivity index (χ1) is 6.69. The molecule has 0 aliphatic rings. The molecule has 0 aliphatic heterocycles. The minimum absolute atomic E-state index is 0.0913. The molecule has 3 nitrogen and oxygen atoms in total. The van der Waals surface area contributed by atoms with E-state index in [0.717, 1.165) is 0 Å². The van der Waals surface area contributed by atoms with Crippen LogP contribution in [0.2, 0.25) is 0 Å². The van der Waals surface area contributed by atoms with Crippen LogP contribution in [0.5, 0.6) is 0 Å². The van der Waals surface area contributed by atoms with Crippen molar-refractivity contribution in [1.29, 1.82) is 0 Å². The van der Waals surface area contributed by atoms with E-state index in [9.17, 15) is 0 Å². The summed E-state index contributed by atoms with van der Waals surface area (Å²) in [6.07, 6.45) is 0.100. The second kappa shape index (κ2) is 5.46. The molecule has 1 rings (SSSR count). The number of hydrogen-bond donors (Lipinski definition) is 2. The first-order valence-corrected chi connectivity index (χ1v) is 5.64. The van der Waals surface area contributed by atoms with Crippen LogP contribution in [0.1, 0.15) is 29.6 Å². The van der Waals surface area contributed by atoms with Crippen LogP contribution < -0.4 is 11.3 Å². The number of hydrazine groups is 1. The molecule has 2 atom stereocenters. The zero-order valence-corrected chi connectivity index (χ0v) is 9.73. The second-order valence-corrected chi connectivity index (χ2v) is 4.57. The summed E-state index contributed by atoms with van der Waals surface area (Å²) in [4.78, 5) is 2.52. The molecule has 0 saturated heterocycles. The second-order valence-electron chi connectivity index (χ2n) is 3.25. The third-order valence-electron chi connectivity index (χ3n) is 2.15. The highest BCUT2D eigenvalue weighted by Gasteiger charge is 2.19. The molecule has 3 N–H and O–H groups in total. The Bertz CT molecular complexity index is 275. The molecule has 1 aromatic rings. The van der Waals surface area contributed by atoms with E-state index in [1.54, 1.807) is 11.3 Å². The van der Waals surface area contributed by atoms with Crippen molar-refractivity contribution in [2.75, 3.05) is 6.61 Å². The van der Waals surface area contributed by atoms with Crippen molar-refractivity contribution in [2.45, 2.75) is 32.9 Å². The molecule has 1 aromatic heterocycles. The maximum atomic E-state index is 5.52. The molecule has 0 saturated carbocycles. The minimum Gasteiger partial charge on any atom is -0.377 e. The largest absolute Gasteiger partial charge is 0.377 e. The van der Waals surface area contributed by atoms with Gasteiger partial charge in [-0.1, -0.05) is 0 Å². The van der Waals surface area contributed by atoms with E-state index >= 15 is 0 Å². The fraction of sp³-hybridized carbons (Fsp3) is 0.600. The van der Waals surface area contributed by atoms with Gasteiger partial charge in [0.05, 0.1) is 12.1 Å². The van der Waals surface area contributed by atoms with Gasteiger partial charge in [-0.3, -0.25) is 5.84 Å². The van der Waals surface area contributed by atoms with Gasteiger partial charge in [-0.05, 0) is 32.9 Å². The number of nitrogens with one attached hydrogen (secondary N) is 1. The van der Waals surface area contributed by atoms with Crippen LogP contribution in [-0.2, 0) is 4.74 Å². The van der Waals surface area contributed by atoms with E-state index in [1.807, 2.05) is 13.8 Å². The predicted octanol–water partition coefficient (Wildman–Crippen LogP) is 1.99. The normalized spacial score (nSPS) is 15.4. The quantitative estimate of drug-likeness (QED) is 0.582. The van der Waals surface area contributed by atoms with Gasteiger partial charge in [-0.25, -0.2) is 5.43 Å². The summed E-state index contributed by atoms with van der Waals surface area (Å²) in [6, 6.07) is 4.29. The Kier molecular flexibility index (Phi) is 4.54. The molecule has 0 aliphatic carbocycles. The Labute approximate surface area is 89.2 Å². The Balaban J connectivity index is 2.71. The molecule has 4 heteroatoms. The van der Waals surface area contributed by atoms with Gasteiger partial charge < -0.3 is 4.74 Å². The molecule has 0 amide bonds. The first-order valence-electron chi connectivity index (χ1n) is 4.83. The van der Waals surface area contributed by atoms with Crippen LogP contribution in [0.3, 0.4) is 0 Å². The number of thiophene rings is 1. The van der Waals surface area contributed by atoms with Gasteiger partial charge in [-0.15, -0.1) is 11.3 Å². The van der Waals surface area contributed by atoms with E-state index < -0.39 is 0 Å². The van der Waals surface area contributed by atoms with E-state index in [4.69, 9.17) is 10.6 Å². The lowest BCUT2D eigenvalue weighted by molar-refractivity contribution is 0.0482. The van der Waals surface area contributed by atoms with Crippen LogP contribution >= 0.6 is 11.3 Å². The molecule has 0 aromatic carbocycles. The molecular formula is C10H18N2OS. The fourth-order valence-corrected chi connectivity index (χ4v) is 2.46. The van der Waals surface area contributed by atoms with Gasteiger partial charge in [-0.2, -0.15) is 0 Å². The lowest BCUT2D eigenvalue weighted by atomic mass is 10.1. The van der Waals surface area contributed by atoms with Crippen molar-refractivity contribution in [2.24, 2.45) is 5.84 Å². The zero-order chi connectivity index (χ0) is 10.6. The van der Waals surface area contributed by atoms with E-state index in [2.05, 4.69) is 24.5 Å². The maximum Gasteiger partial charge on any atom is 0.0812 e. The molecule has 0 bridgehead atoms. The van der Waals surface area contributed by atoms with Gasteiger partial charge in [0.15, 0.2) is 0 Å². The van der Waals surface area contributed by atoms with Crippen LogP contribution in [0, 0.1) is 6.92 Å². The number of aryl methyl sites for hydroxylation is 1. The topological polar surface area (TPSA) is 47.3 Å². The molecular weight excluding hydrogens is 196 g/mol. The van der Waals surface area contributed by atoms with Gasteiger partial charge in [0.1, 0.15) is 0 Å². The highest BCUT2D eigenvalue weighted by Crippen LogP contribution is 2.25. The first kappa shape index (κ1) is 11.7. The lowest BCUT2D eigenvalue weighted by Crippen LogP contribution is -2.36. The van der Waals surface area contributed by atoms with Crippen LogP contribution in [0.25, 0.3) is 0 Å². The maximum absolute atomic E-state index is 5.52. The smallest absolute Gasteiger partial charge is 0.0812 e. The molecule has 2 unspecified atom stereocenters. The highest BCUT2D eigenvalue weighted by molar-refractivity contribution is 7.12. The summed E-state index contributed by atoms with van der Waals surface area (Å²) in [5.74, 6) is 5.52. The van der Waals surface area contributed by atoms with Gasteiger partial charge in [0, 0.05) is 16.4 Å². The third kappa shape index (κ3) is 2.78. The Morgan fingerprint density at radius 2 is 2.29 bits per heavy atom. The number of nitrogens with two attached hydrogens (primary N) is 1. The van der Waals surface area contributed by atoms with Crippen LogP contribution in [0.4, 0.5) is 0 Å². The van der Waals surface area contributed by atoms with Gasteiger partial charge in [0.25, 0.3) is 0 Å². The number of hydrogen-bond acceptors (Lipinski definition) is 4. The van der Waals surface area contributed by atoms with Crippen molar-refractivity contribution in [3.05, 3.63) is 21.9 Å². The van der Waals surface area contributed by atoms with Crippen molar-refractivity contribution in [3.63, 3.8) is 0 Å².